The van der Waals surface area contributed by atoms with Crippen molar-refractivity contribution in [2.75, 3.05) is 0 Å². The summed E-state index contributed by atoms with van der Waals surface area (Å²) in [4.78, 5) is 3.83. The molecule has 1 aromatic carbocycles. The lowest BCUT2D eigenvalue weighted by molar-refractivity contribution is 0.566. The van der Waals surface area contributed by atoms with Crippen LogP contribution in [-0.2, 0) is 6.54 Å². The number of nitrogens with zero attached hydrogens (tertiary/aromatic N) is 1. The molecule has 2 aromatic rings. The summed E-state index contributed by atoms with van der Waals surface area (Å²) in [5.74, 6) is -0.300. The highest BCUT2D eigenvalue weighted by Crippen LogP contribution is 2.16. The molecule has 1 N–H and O–H groups in total. The highest BCUT2D eigenvalue weighted by molar-refractivity contribution is 9.10. The van der Waals surface area contributed by atoms with Crippen molar-refractivity contribution in [2.45, 2.75) is 19.5 Å². The van der Waals surface area contributed by atoms with Crippen LogP contribution in [0.5, 0.6) is 0 Å². The highest BCUT2D eigenvalue weighted by Gasteiger charge is 2.05. The molecular weight excluding hydrogens is 295 g/mol. The minimum atomic E-state index is -0.300. The Morgan fingerprint density at radius 2 is 2.00 bits per heavy atom. The molecule has 0 aliphatic carbocycles. The maximum Gasteiger partial charge on any atom is 0.141 e. The molecule has 18 heavy (non-hydrogen) atoms. The van der Waals surface area contributed by atoms with E-state index in [-0.39, 0.29) is 11.9 Å². The van der Waals surface area contributed by atoms with Crippen LogP contribution in [-0.4, -0.2) is 4.98 Å². The van der Waals surface area contributed by atoms with Crippen molar-refractivity contribution in [3.05, 3.63) is 64.1 Å². The van der Waals surface area contributed by atoms with Gasteiger partial charge >= 0.3 is 0 Å². The van der Waals surface area contributed by atoms with Crippen LogP contribution >= 0.6 is 15.9 Å². The maximum absolute atomic E-state index is 13.0. The fraction of sp³-hybridized carbons (Fsp3) is 0.214. The predicted octanol–water partition coefficient (Wildman–Crippen LogP) is 3.83. The Morgan fingerprint density at radius 1 is 1.28 bits per heavy atom. The van der Waals surface area contributed by atoms with Crippen LogP contribution in [0.15, 0.2) is 47.2 Å². The van der Waals surface area contributed by atoms with E-state index in [0.717, 1.165) is 10.0 Å². The first-order valence-corrected chi connectivity index (χ1v) is 6.53. The second kappa shape index (κ2) is 6.07. The number of hydrogen-bond acceptors (Lipinski definition) is 2. The monoisotopic (exact) mass is 308 g/mol. The number of hydrogen-bond donors (Lipinski definition) is 1. The van der Waals surface area contributed by atoms with Crippen LogP contribution in [0.3, 0.4) is 0 Å². The third kappa shape index (κ3) is 3.62. The molecule has 1 atom stereocenters. The van der Waals surface area contributed by atoms with Crippen molar-refractivity contribution in [2.24, 2.45) is 0 Å². The maximum atomic E-state index is 13.0. The lowest BCUT2D eigenvalue weighted by Gasteiger charge is -2.14. The van der Waals surface area contributed by atoms with Gasteiger partial charge in [0.05, 0.1) is 6.20 Å². The molecule has 0 radical (unpaired) electrons. The van der Waals surface area contributed by atoms with Crippen LogP contribution in [0.25, 0.3) is 0 Å². The summed E-state index contributed by atoms with van der Waals surface area (Å²) in [6.07, 6.45) is 2.88. The molecule has 0 spiro atoms. The number of halogens is 2. The van der Waals surface area contributed by atoms with Gasteiger partial charge in [0.25, 0.3) is 0 Å². The van der Waals surface area contributed by atoms with Gasteiger partial charge in [0.1, 0.15) is 5.82 Å². The molecule has 0 saturated heterocycles. The summed E-state index contributed by atoms with van der Waals surface area (Å²) < 4.78 is 14.0. The molecule has 0 amide bonds. The predicted molar refractivity (Wildman–Crippen MR) is 73.6 cm³/mol. The van der Waals surface area contributed by atoms with Gasteiger partial charge < -0.3 is 5.32 Å². The van der Waals surface area contributed by atoms with Gasteiger partial charge in [0, 0.05) is 23.3 Å². The first kappa shape index (κ1) is 13.2. The molecule has 94 valence electrons. The number of benzene rings is 1. The van der Waals surface area contributed by atoms with Crippen LogP contribution in [0.2, 0.25) is 0 Å². The fourth-order valence-electron chi connectivity index (χ4n) is 1.69. The quantitative estimate of drug-likeness (QED) is 0.928. The van der Waals surface area contributed by atoms with E-state index in [1.54, 1.807) is 6.20 Å². The molecule has 1 heterocycles. The Kier molecular flexibility index (Phi) is 4.44. The first-order chi connectivity index (χ1) is 8.65. The van der Waals surface area contributed by atoms with Crippen molar-refractivity contribution in [3.63, 3.8) is 0 Å². The van der Waals surface area contributed by atoms with E-state index in [2.05, 4.69) is 45.3 Å². The summed E-state index contributed by atoms with van der Waals surface area (Å²) in [5.41, 5.74) is 2.04. The Morgan fingerprint density at radius 3 is 2.67 bits per heavy atom. The average molecular weight is 309 g/mol. The SMILES string of the molecule is C[C@H](NCc1cncc(F)c1)c1ccc(Br)cc1. The van der Waals surface area contributed by atoms with Gasteiger partial charge in [-0.15, -0.1) is 0 Å². The van der Waals surface area contributed by atoms with Gasteiger partial charge in [-0.1, -0.05) is 28.1 Å². The fourth-order valence-corrected chi connectivity index (χ4v) is 1.96. The van der Waals surface area contributed by atoms with Crippen LogP contribution in [0.1, 0.15) is 24.1 Å². The molecule has 0 aliphatic rings. The lowest BCUT2D eigenvalue weighted by Crippen LogP contribution is -2.18. The van der Waals surface area contributed by atoms with Gasteiger partial charge in [0.15, 0.2) is 0 Å². The highest BCUT2D eigenvalue weighted by atomic mass is 79.9. The molecule has 0 fully saturated rings. The second-order valence-electron chi connectivity index (χ2n) is 4.17. The number of aromatic nitrogens is 1. The van der Waals surface area contributed by atoms with Gasteiger partial charge in [-0.25, -0.2) is 4.39 Å². The minimum absolute atomic E-state index is 0.210. The van der Waals surface area contributed by atoms with E-state index in [1.165, 1.54) is 17.8 Å². The van der Waals surface area contributed by atoms with Crippen molar-refractivity contribution in [1.82, 2.24) is 10.3 Å². The van der Waals surface area contributed by atoms with E-state index in [1.807, 2.05) is 12.1 Å². The zero-order valence-corrected chi connectivity index (χ0v) is 11.6. The second-order valence-corrected chi connectivity index (χ2v) is 5.08. The molecule has 0 bridgehead atoms. The number of rotatable bonds is 4. The largest absolute Gasteiger partial charge is 0.306 e. The standard InChI is InChI=1S/C14H14BrFN2/c1-10(12-2-4-13(15)5-3-12)18-8-11-6-14(16)9-17-7-11/h2-7,9-10,18H,8H2,1H3/t10-/m0/s1. The molecule has 2 rings (SSSR count). The van der Waals surface area contributed by atoms with E-state index in [4.69, 9.17) is 0 Å². The zero-order valence-electron chi connectivity index (χ0n) is 10.0. The van der Waals surface area contributed by atoms with Gasteiger partial charge in [-0.2, -0.15) is 0 Å². The topological polar surface area (TPSA) is 24.9 Å². The Balaban J connectivity index is 1.96. The molecule has 4 heteroatoms. The normalized spacial score (nSPS) is 12.4. The summed E-state index contributed by atoms with van der Waals surface area (Å²) in [6.45, 7) is 2.68. The molecule has 1 aromatic heterocycles. The van der Waals surface area contributed by atoms with E-state index >= 15 is 0 Å². The first-order valence-electron chi connectivity index (χ1n) is 5.73. The molecule has 0 saturated carbocycles. The third-order valence-corrected chi connectivity index (χ3v) is 3.27. The van der Waals surface area contributed by atoms with E-state index in [0.29, 0.717) is 6.54 Å². The van der Waals surface area contributed by atoms with Crippen LogP contribution in [0.4, 0.5) is 4.39 Å². The Labute approximate surface area is 114 Å². The Hall–Kier alpha value is -1.26. The van der Waals surface area contributed by atoms with Crippen molar-refractivity contribution in [1.29, 1.82) is 0 Å². The van der Waals surface area contributed by atoms with Crippen molar-refractivity contribution >= 4 is 15.9 Å². The van der Waals surface area contributed by atoms with E-state index < -0.39 is 0 Å². The molecule has 0 unspecified atom stereocenters. The van der Waals surface area contributed by atoms with Crippen molar-refractivity contribution in [3.8, 4) is 0 Å². The lowest BCUT2D eigenvalue weighted by atomic mass is 10.1. The number of pyridine rings is 1. The summed E-state index contributed by atoms with van der Waals surface area (Å²) >= 11 is 3.41. The smallest absolute Gasteiger partial charge is 0.141 e. The van der Waals surface area contributed by atoms with Gasteiger partial charge in [-0.3, -0.25) is 4.98 Å². The minimum Gasteiger partial charge on any atom is -0.306 e. The van der Waals surface area contributed by atoms with Crippen LogP contribution in [0, 0.1) is 5.82 Å². The summed E-state index contributed by atoms with van der Waals surface area (Å²) in [7, 11) is 0. The summed E-state index contributed by atoms with van der Waals surface area (Å²) in [5, 5.41) is 3.34. The van der Waals surface area contributed by atoms with Gasteiger partial charge in [0.2, 0.25) is 0 Å². The number of nitrogens with one attached hydrogen (secondary N) is 1. The van der Waals surface area contributed by atoms with Crippen molar-refractivity contribution < 1.29 is 4.39 Å². The Bertz CT molecular complexity index is 513. The third-order valence-electron chi connectivity index (χ3n) is 2.74. The molecule has 2 nitrogen and oxygen atoms in total. The molecular formula is C14H14BrFN2. The van der Waals surface area contributed by atoms with E-state index in [9.17, 15) is 4.39 Å². The summed E-state index contributed by atoms with van der Waals surface area (Å²) in [6, 6.07) is 9.85. The van der Waals surface area contributed by atoms with Gasteiger partial charge in [-0.05, 0) is 36.2 Å². The zero-order chi connectivity index (χ0) is 13.0. The molecule has 0 aliphatic heterocycles. The average Bonchev–Trinajstić information content (AvgIpc) is 2.37. The van der Waals surface area contributed by atoms with Crippen LogP contribution < -0.4 is 5.32 Å².